The van der Waals surface area contributed by atoms with Crippen molar-refractivity contribution < 1.29 is 19.8 Å². The fraction of sp³-hybridized carbons (Fsp3) is 0.125. The summed E-state index contributed by atoms with van der Waals surface area (Å²) in [7, 11) is 0. The zero-order chi connectivity index (χ0) is 25.2. The van der Waals surface area contributed by atoms with Crippen LogP contribution >= 0.6 is 0 Å². The summed E-state index contributed by atoms with van der Waals surface area (Å²) in [5.41, 5.74) is -0.0206. The highest BCUT2D eigenvalue weighted by Crippen LogP contribution is 2.55. The quantitative estimate of drug-likeness (QED) is 0.395. The van der Waals surface area contributed by atoms with Crippen molar-refractivity contribution in [1.82, 2.24) is 0 Å². The van der Waals surface area contributed by atoms with Crippen molar-refractivity contribution in [2.24, 2.45) is 0 Å². The van der Waals surface area contributed by atoms with Crippen LogP contribution in [0.1, 0.15) is 54.1 Å². The summed E-state index contributed by atoms with van der Waals surface area (Å²) >= 11 is 0. The second-order valence-electron chi connectivity index (χ2n) is 9.55. The van der Waals surface area contributed by atoms with Gasteiger partial charge in [0.15, 0.2) is 11.6 Å². The third-order valence-electron chi connectivity index (χ3n) is 7.62. The van der Waals surface area contributed by atoms with E-state index in [9.17, 15) is 19.8 Å². The summed E-state index contributed by atoms with van der Waals surface area (Å²) in [4.78, 5) is 28.2. The van der Waals surface area contributed by atoms with Crippen molar-refractivity contribution in [1.29, 1.82) is 0 Å². The Bertz CT molecular complexity index is 1510. The molecule has 4 aromatic rings. The van der Waals surface area contributed by atoms with Gasteiger partial charge in [-0.2, -0.15) is 0 Å². The lowest BCUT2D eigenvalue weighted by Crippen LogP contribution is -2.36. The first-order chi connectivity index (χ1) is 17.3. The minimum absolute atomic E-state index is 0.0926. The molecule has 6 rings (SSSR count). The van der Waals surface area contributed by atoms with Crippen LogP contribution in [-0.4, -0.2) is 21.8 Å². The van der Waals surface area contributed by atoms with E-state index in [2.05, 4.69) is 0 Å². The van der Waals surface area contributed by atoms with Gasteiger partial charge in [0.1, 0.15) is 11.2 Å². The number of rotatable bonds is 2. The molecular formula is C32H24O4. The zero-order valence-corrected chi connectivity index (χ0v) is 19.9. The normalized spacial score (nSPS) is 24.7. The van der Waals surface area contributed by atoms with Gasteiger partial charge in [-0.3, -0.25) is 9.59 Å². The van der Waals surface area contributed by atoms with Crippen molar-refractivity contribution in [3.8, 4) is 0 Å². The zero-order valence-electron chi connectivity index (χ0n) is 19.9. The molecule has 0 amide bonds. The maximum atomic E-state index is 14.1. The highest BCUT2D eigenvalue weighted by atomic mass is 16.3. The summed E-state index contributed by atoms with van der Waals surface area (Å²) in [6, 6.07) is 28.3. The number of benzene rings is 4. The Hall–Kier alpha value is -4.12. The van der Waals surface area contributed by atoms with Gasteiger partial charge in [-0.05, 0) is 36.1 Å². The fourth-order valence-corrected chi connectivity index (χ4v) is 5.97. The summed E-state index contributed by atoms with van der Waals surface area (Å²) in [6.07, 6.45) is 0. The molecule has 176 valence electrons. The predicted molar refractivity (Wildman–Crippen MR) is 137 cm³/mol. The standard InChI is InChI=1S/C32H24O4/c1-19-11-3-7-15-23(19)31(35)25-17-9-5-13-21(25)29(33)27(31)28-30(34)22-14-6-10-18-26(22)32(28,36)24-16-8-4-12-20(24)2/h3-18,35-36H,1-2H3/b28-27+. The molecule has 4 heteroatoms. The molecule has 0 saturated carbocycles. The number of hydrogen-bond acceptors (Lipinski definition) is 4. The van der Waals surface area contributed by atoms with Crippen LogP contribution in [0, 0.1) is 13.8 Å². The minimum Gasteiger partial charge on any atom is -0.376 e. The Balaban J connectivity index is 1.80. The third-order valence-corrected chi connectivity index (χ3v) is 7.62. The Labute approximate surface area is 209 Å². The molecule has 36 heavy (non-hydrogen) atoms. The van der Waals surface area contributed by atoms with Gasteiger partial charge in [-0.1, -0.05) is 97.1 Å². The van der Waals surface area contributed by atoms with Gasteiger partial charge in [0.05, 0.1) is 11.1 Å². The van der Waals surface area contributed by atoms with Gasteiger partial charge in [0.25, 0.3) is 0 Å². The first kappa shape index (κ1) is 22.4. The summed E-state index contributed by atoms with van der Waals surface area (Å²) in [6.45, 7) is 3.72. The van der Waals surface area contributed by atoms with Crippen LogP contribution in [-0.2, 0) is 11.2 Å². The Kier molecular flexibility index (Phi) is 4.77. The van der Waals surface area contributed by atoms with E-state index in [1.54, 1.807) is 72.8 Å². The summed E-state index contributed by atoms with van der Waals surface area (Å²) < 4.78 is 0. The molecule has 2 atom stereocenters. The number of Topliss-reactive ketones (excluding diaryl/α,β-unsaturated/α-hetero) is 2. The lowest BCUT2D eigenvalue weighted by molar-refractivity contribution is 0.0800. The van der Waals surface area contributed by atoms with E-state index in [1.807, 2.05) is 38.1 Å². The monoisotopic (exact) mass is 472 g/mol. The molecule has 0 heterocycles. The van der Waals surface area contributed by atoms with Gasteiger partial charge in [0.2, 0.25) is 0 Å². The van der Waals surface area contributed by atoms with Crippen molar-refractivity contribution >= 4 is 11.6 Å². The molecule has 0 aliphatic heterocycles. The van der Waals surface area contributed by atoms with Crippen molar-refractivity contribution in [2.75, 3.05) is 0 Å². The van der Waals surface area contributed by atoms with E-state index < -0.39 is 22.8 Å². The van der Waals surface area contributed by atoms with Crippen LogP contribution in [0.2, 0.25) is 0 Å². The number of carbonyl (C=O) groups excluding carboxylic acids is 2. The molecule has 2 aliphatic carbocycles. The van der Waals surface area contributed by atoms with E-state index in [0.717, 1.165) is 11.1 Å². The first-order valence-corrected chi connectivity index (χ1v) is 11.9. The van der Waals surface area contributed by atoms with E-state index in [1.165, 1.54) is 0 Å². The number of aliphatic hydroxyl groups is 2. The second-order valence-corrected chi connectivity index (χ2v) is 9.55. The van der Waals surface area contributed by atoms with E-state index >= 15 is 0 Å². The molecule has 0 bridgehead atoms. The Morgan fingerprint density at radius 1 is 0.472 bits per heavy atom. The van der Waals surface area contributed by atoms with E-state index in [-0.39, 0.29) is 11.1 Å². The molecule has 2 unspecified atom stereocenters. The lowest BCUT2D eigenvalue weighted by Gasteiger charge is -2.33. The van der Waals surface area contributed by atoms with Gasteiger partial charge in [-0.15, -0.1) is 0 Å². The Morgan fingerprint density at radius 3 is 1.14 bits per heavy atom. The van der Waals surface area contributed by atoms with Gasteiger partial charge in [-0.25, -0.2) is 0 Å². The summed E-state index contributed by atoms with van der Waals surface area (Å²) in [5, 5.41) is 25.2. The molecule has 2 N–H and O–H groups in total. The maximum absolute atomic E-state index is 14.1. The SMILES string of the molecule is Cc1ccccc1C1(O)/C(=C2\C(=O)c3ccccc3C2(O)c2ccccc2C)C(=O)c2ccccc21. The van der Waals surface area contributed by atoms with Crippen LogP contribution in [0.4, 0.5) is 0 Å². The minimum atomic E-state index is -1.91. The maximum Gasteiger partial charge on any atom is 0.193 e. The largest absolute Gasteiger partial charge is 0.376 e. The van der Waals surface area contributed by atoms with Crippen LogP contribution in [0.3, 0.4) is 0 Å². The molecular weight excluding hydrogens is 448 g/mol. The van der Waals surface area contributed by atoms with Gasteiger partial charge >= 0.3 is 0 Å². The highest BCUT2D eigenvalue weighted by molar-refractivity contribution is 6.25. The van der Waals surface area contributed by atoms with Crippen molar-refractivity contribution in [3.63, 3.8) is 0 Å². The first-order valence-electron chi connectivity index (χ1n) is 11.9. The number of ketones is 2. The number of carbonyl (C=O) groups is 2. The number of hydrogen-bond donors (Lipinski definition) is 2. The second kappa shape index (κ2) is 7.69. The van der Waals surface area contributed by atoms with Crippen LogP contribution < -0.4 is 0 Å². The summed E-state index contributed by atoms with van der Waals surface area (Å²) in [5.74, 6) is -0.918. The molecule has 0 fully saturated rings. The van der Waals surface area contributed by atoms with Crippen LogP contribution in [0.25, 0.3) is 0 Å². The van der Waals surface area contributed by atoms with Crippen LogP contribution in [0.5, 0.6) is 0 Å². The molecule has 0 aromatic heterocycles. The molecule has 0 radical (unpaired) electrons. The molecule has 0 saturated heterocycles. The van der Waals surface area contributed by atoms with E-state index in [4.69, 9.17) is 0 Å². The smallest absolute Gasteiger partial charge is 0.193 e. The molecule has 4 aromatic carbocycles. The molecule has 0 spiro atoms. The van der Waals surface area contributed by atoms with Crippen LogP contribution in [0.15, 0.2) is 108 Å². The fourth-order valence-electron chi connectivity index (χ4n) is 5.97. The van der Waals surface area contributed by atoms with Crippen molar-refractivity contribution in [3.05, 3.63) is 153 Å². The van der Waals surface area contributed by atoms with Crippen molar-refractivity contribution in [2.45, 2.75) is 25.0 Å². The lowest BCUT2D eigenvalue weighted by atomic mass is 9.74. The van der Waals surface area contributed by atoms with Gasteiger partial charge in [0, 0.05) is 22.3 Å². The Morgan fingerprint density at radius 2 is 0.778 bits per heavy atom. The van der Waals surface area contributed by atoms with Gasteiger partial charge < -0.3 is 10.2 Å². The number of fused-ring (bicyclic) bond motifs is 2. The third kappa shape index (κ3) is 2.71. The predicted octanol–water partition coefficient (Wildman–Crippen LogP) is 5.16. The van der Waals surface area contributed by atoms with E-state index in [0.29, 0.717) is 33.4 Å². The molecule has 2 aliphatic rings. The molecule has 4 nitrogen and oxygen atoms in total. The average Bonchev–Trinajstić information content (AvgIpc) is 3.25. The number of aryl methyl sites for hydroxylation is 2. The average molecular weight is 473 g/mol. The topological polar surface area (TPSA) is 74.6 Å². The highest BCUT2D eigenvalue weighted by Gasteiger charge is 2.58.